The second-order valence-electron chi connectivity index (χ2n) is 12.8. The monoisotopic (exact) mass is 620 g/mol. The van der Waals surface area contributed by atoms with E-state index in [1.807, 2.05) is 0 Å². The maximum Gasteiger partial charge on any atom is -1.00 e. The third-order valence-electron chi connectivity index (χ3n) is 7.36. The number of allylic oxidation sites excluding steroid dienone is 6. The molecule has 6 rings (SSSR count). The molecule has 0 aromatic heterocycles. The van der Waals surface area contributed by atoms with Crippen LogP contribution in [0.4, 0.5) is 0 Å². The molecule has 0 fully saturated rings. The summed E-state index contributed by atoms with van der Waals surface area (Å²) in [5.74, 6) is 0. The summed E-state index contributed by atoms with van der Waals surface area (Å²) in [4.78, 5) is 0. The summed E-state index contributed by atoms with van der Waals surface area (Å²) in [5, 5.41) is 5.53. The smallest absolute Gasteiger partial charge is 1.00 e. The van der Waals surface area contributed by atoms with Crippen LogP contribution in [0.15, 0.2) is 60.2 Å². The predicted octanol–water partition coefficient (Wildman–Crippen LogP) is 3.80. The van der Waals surface area contributed by atoms with Gasteiger partial charge >= 0.3 is 41.3 Å². The van der Waals surface area contributed by atoms with E-state index in [2.05, 4.69) is 135 Å². The van der Waals surface area contributed by atoms with Crippen LogP contribution in [0, 0.1) is 11.5 Å². The van der Waals surface area contributed by atoms with Gasteiger partial charge in [0.05, 0.1) is 0 Å². The molecule has 0 amide bonds. The van der Waals surface area contributed by atoms with Gasteiger partial charge in [0.25, 0.3) is 0 Å². The van der Waals surface area contributed by atoms with Crippen molar-refractivity contribution >= 4 is 36.9 Å². The zero-order chi connectivity index (χ0) is 26.5. The first-order valence-electron chi connectivity index (χ1n) is 13.1. The maximum absolute atomic E-state index is 3.16. The van der Waals surface area contributed by atoms with Crippen molar-refractivity contribution in [1.82, 2.24) is 0 Å². The topological polar surface area (TPSA) is 0 Å². The van der Waals surface area contributed by atoms with Crippen LogP contribution in [0.5, 0.6) is 0 Å². The minimum atomic E-state index is 0. The molecule has 0 saturated carbocycles. The van der Waals surface area contributed by atoms with Crippen molar-refractivity contribution in [3.05, 3.63) is 88.5 Å². The molecule has 0 spiro atoms. The zero-order valence-electron chi connectivity index (χ0n) is 24.3. The molecule has 0 N–H and O–H groups in total. The van der Waals surface area contributed by atoms with Crippen LogP contribution in [-0.2, 0) is 35.1 Å². The standard InChI is InChI=1S/C23H21.C9H13.C3H6.2ClH.Zr/c1-22(2)7-5-14-10-18-16(12-20(14)22)9-17-13-21-15(11-19(17)18)6-8-23(21,3)4;1-9(2,3)8-6-4-5-7-8;1-3-2;;;/h5-13H,1-4H3;6-7H,4H2,1-3H3;1-2H3;2*1H;/q2*-1;;;;+2/p-2. The molecule has 3 aliphatic carbocycles. The van der Waals surface area contributed by atoms with E-state index in [4.69, 9.17) is 0 Å². The Bertz CT molecular complexity index is 1380. The van der Waals surface area contributed by atoms with Crippen LogP contribution in [0.2, 0.25) is 0 Å². The van der Waals surface area contributed by atoms with E-state index in [1.54, 1.807) is 24.2 Å². The number of benzene rings is 2. The Balaban J connectivity index is 0.000000286. The Hall–Kier alpha value is -1.40. The van der Waals surface area contributed by atoms with Crippen molar-refractivity contribution in [2.75, 3.05) is 0 Å². The van der Waals surface area contributed by atoms with Crippen LogP contribution in [0.3, 0.4) is 0 Å². The first kappa shape index (κ1) is 32.8. The van der Waals surface area contributed by atoms with E-state index in [0.717, 1.165) is 6.42 Å². The fourth-order valence-corrected chi connectivity index (χ4v) is 5.23. The van der Waals surface area contributed by atoms with Crippen LogP contribution in [-0.4, -0.2) is 3.21 Å². The van der Waals surface area contributed by atoms with Crippen molar-refractivity contribution in [3.63, 3.8) is 0 Å². The average molecular weight is 623 g/mol. The number of hydrogen-bond acceptors (Lipinski definition) is 0. The zero-order valence-corrected chi connectivity index (χ0v) is 28.3. The molecule has 0 radical (unpaired) electrons. The van der Waals surface area contributed by atoms with Gasteiger partial charge in [-0.1, -0.05) is 101 Å². The summed E-state index contributed by atoms with van der Waals surface area (Å²) in [5.41, 5.74) is 7.71. The predicted molar refractivity (Wildman–Crippen MR) is 157 cm³/mol. The van der Waals surface area contributed by atoms with Crippen molar-refractivity contribution in [3.8, 4) is 0 Å². The maximum atomic E-state index is 3.16. The van der Waals surface area contributed by atoms with Crippen LogP contribution in [0.1, 0.15) is 91.0 Å². The van der Waals surface area contributed by atoms with Gasteiger partial charge in [0.15, 0.2) is 0 Å². The fraction of sp³-hybridized carbons (Fsp3) is 0.371. The molecule has 0 heterocycles. The molecule has 0 unspecified atom stereocenters. The fourth-order valence-electron chi connectivity index (χ4n) is 5.23. The van der Waals surface area contributed by atoms with Gasteiger partial charge in [-0.3, -0.25) is 6.08 Å². The molecule has 3 heteroatoms. The van der Waals surface area contributed by atoms with Crippen molar-refractivity contribution in [1.29, 1.82) is 0 Å². The molecule has 38 heavy (non-hydrogen) atoms. The largest absolute Gasteiger partial charge is 1.00 e. The number of halogens is 2. The minimum Gasteiger partial charge on any atom is -1.00 e. The summed E-state index contributed by atoms with van der Waals surface area (Å²) in [6.45, 7) is 20.1. The Morgan fingerprint density at radius 3 is 1.55 bits per heavy atom. The van der Waals surface area contributed by atoms with Crippen molar-refractivity contribution in [2.45, 2.75) is 79.6 Å². The van der Waals surface area contributed by atoms with Crippen LogP contribution < -0.4 is 24.8 Å². The van der Waals surface area contributed by atoms with Gasteiger partial charge in [0, 0.05) is 10.8 Å². The molecule has 3 aliphatic rings. The van der Waals surface area contributed by atoms with Crippen LogP contribution in [0.25, 0.3) is 33.7 Å². The molecule has 0 bridgehead atoms. The molecular formula is C35H40Cl2Zr-2. The third-order valence-corrected chi connectivity index (χ3v) is 7.36. The SMILES string of the molecule is CC(C)(C)C1=CC[C-]=C1.CC1(C)C=Cc2cc3c(cc21)[cH-]c1cc2c(cc13)C=CC2(C)C.C[C](C)=[Zr+2].[Cl-].[Cl-]. The molecule has 3 aromatic rings. The number of hydrogen-bond donors (Lipinski definition) is 0. The van der Waals surface area contributed by atoms with E-state index < -0.39 is 0 Å². The molecule has 200 valence electrons. The first-order valence-corrected chi connectivity index (χ1v) is 14.3. The number of fused-ring (bicyclic) bond motifs is 5. The summed E-state index contributed by atoms with van der Waals surface area (Å²) >= 11 is 1.55. The molecule has 0 atom stereocenters. The molecule has 0 saturated heterocycles. The van der Waals surface area contributed by atoms with E-state index in [0.29, 0.717) is 5.41 Å². The van der Waals surface area contributed by atoms with Gasteiger partial charge in [-0.2, -0.15) is 11.6 Å². The Morgan fingerprint density at radius 2 is 1.24 bits per heavy atom. The van der Waals surface area contributed by atoms with E-state index in [-0.39, 0.29) is 35.6 Å². The number of rotatable bonds is 0. The van der Waals surface area contributed by atoms with Gasteiger partial charge in [0.2, 0.25) is 0 Å². The van der Waals surface area contributed by atoms with Crippen LogP contribution >= 0.6 is 0 Å². The van der Waals surface area contributed by atoms with E-state index >= 15 is 0 Å². The van der Waals surface area contributed by atoms with Gasteiger partial charge in [-0.15, -0.1) is 46.2 Å². The average Bonchev–Trinajstić information content (AvgIpc) is 3.52. The second-order valence-corrected chi connectivity index (χ2v) is 15.2. The summed E-state index contributed by atoms with van der Waals surface area (Å²) in [6.07, 6.45) is 17.7. The quantitative estimate of drug-likeness (QED) is 0.335. The Morgan fingerprint density at radius 1 is 0.816 bits per heavy atom. The van der Waals surface area contributed by atoms with Crippen molar-refractivity contribution in [2.24, 2.45) is 5.41 Å². The van der Waals surface area contributed by atoms with Crippen molar-refractivity contribution < 1.29 is 49.0 Å². The van der Waals surface area contributed by atoms with Gasteiger partial charge in [-0.25, -0.2) is 6.08 Å². The van der Waals surface area contributed by atoms with Gasteiger partial charge < -0.3 is 24.8 Å². The molecular weight excluding hydrogens is 583 g/mol. The van der Waals surface area contributed by atoms with E-state index in [9.17, 15) is 0 Å². The minimum absolute atomic E-state index is 0. The Kier molecular flexibility index (Phi) is 10.4. The van der Waals surface area contributed by atoms with E-state index in [1.165, 1.54) is 52.6 Å². The van der Waals surface area contributed by atoms with Gasteiger partial charge in [-0.05, 0) is 11.1 Å². The molecule has 0 nitrogen and oxygen atoms in total. The normalized spacial score (nSPS) is 17.0. The third kappa shape index (κ3) is 6.84. The summed E-state index contributed by atoms with van der Waals surface area (Å²) in [7, 11) is 0. The summed E-state index contributed by atoms with van der Waals surface area (Å²) in [6, 6.07) is 11.9. The molecule has 0 aliphatic heterocycles. The Labute approximate surface area is 257 Å². The summed E-state index contributed by atoms with van der Waals surface area (Å²) < 4.78 is 1.51. The molecule has 3 aromatic carbocycles. The van der Waals surface area contributed by atoms with Gasteiger partial charge in [0.1, 0.15) is 0 Å². The first-order chi connectivity index (χ1) is 16.7. The second kappa shape index (κ2) is 12.0.